The van der Waals surface area contributed by atoms with Crippen molar-refractivity contribution in [1.82, 2.24) is 10.3 Å². The zero-order valence-corrected chi connectivity index (χ0v) is 10.8. The van der Waals surface area contributed by atoms with E-state index in [0.29, 0.717) is 17.4 Å². The number of thiophene rings is 1. The van der Waals surface area contributed by atoms with Gasteiger partial charge in [-0.05, 0) is 12.1 Å². The van der Waals surface area contributed by atoms with Gasteiger partial charge < -0.3 is 10.4 Å². The van der Waals surface area contributed by atoms with Crippen molar-refractivity contribution in [2.75, 3.05) is 6.54 Å². The lowest BCUT2D eigenvalue weighted by Gasteiger charge is -2.08. The number of hydrogen-bond acceptors (Lipinski definition) is 5. The second kappa shape index (κ2) is 5.75. The summed E-state index contributed by atoms with van der Waals surface area (Å²) in [6, 6.07) is 3.65. The Morgan fingerprint density at radius 3 is 3.00 bits per heavy atom. The molecule has 0 spiro atoms. The molecule has 2 rings (SSSR count). The Balaban J connectivity index is 1.78. The van der Waals surface area contributed by atoms with Gasteiger partial charge in [0.1, 0.15) is 6.10 Å². The standard InChI is InChI=1S/C10H11ClN2OS2/c11-10-2-1-9(16-10)8(14)4-12-3-7-5-15-6-13-7/h1-2,5-6,8,12,14H,3-4H2. The Morgan fingerprint density at radius 1 is 1.50 bits per heavy atom. The van der Waals surface area contributed by atoms with E-state index < -0.39 is 6.10 Å². The molecule has 6 heteroatoms. The number of nitrogens with zero attached hydrogens (tertiary/aromatic N) is 1. The van der Waals surface area contributed by atoms with E-state index in [9.17, 15) is 5.11 Å². The number of aliphatic hydroxyl groups is 1. The third kappa shape index (κ3) is 3.26. The highest BCUT2D eigenvalue weighted by Gasteiger charge is 2.09. The Labute approximate surface area is 107 Å². The number of halogens is 1. The van der Waals surface area contributed by atoms with Gasteiger partial charge in [-0.15, -0.1) is 22.7 Å². The van der Waals surface area contributed by atoms with Gasteiger partial charge in [-0.3, -0.25) is 0 Å². The molecule has 0 aliphatic rings. The lowest BCUT2D eigenvalue weighted by Crippen LogP contribution is -2.20. The Bertz CT molecular complexity index is 430. The largest absolute Gasteiger partial charge is 0.386 e. The fourth-order valence-corrected chi connectivity index (χ4v) is 2.88. The number of hydrogen-bond donors (Lipinski definition) is 2. The van der Waals surface area contributed by atoms with Gasteiger partial charge in [0.05, 0.1) is 15.5 Å². The molecule has 0 saturated heterocycles. The van der Waals surface area contributed by atoms with E-state index in [1.165, 1.54) is 11.3 Å². The lowest BCUT2D eigenvalue weighted by atomic mass is 10.3. The Kier molecular flexibility index (Phi) is 4.31. The van der Waals surface area contributed by atoms with E-state index in [0.717, 1.165) is 10.6 Å². The highest BCUT2D eigenvalue weighted by molar-refractivity contribution is 7.16. The van der Waals surface area contributed by atoms with Gasteiger partial charge in [0.25, 0.3) is 0 Å². The zero-order chi connectivity index (χ0) is 11.4. The van der Waals surface area contributed by atoms with Crippen molar-refractivity contribution in [2.45, 2.75) is 12.6 Å². The highest BCUT2D eigenvalue weighted by atomic mass is 35.5. The molecule has 0 saturated carbocycles. The van der Waals surface area contributed by atoms with Crippen LogP contribution in [-0.4, -0.2) is 16.6 Å². The summed E-state index contributed by atoms with van der Waals surface area (Å²) < 4.78 is 0.702. The zero-order valence-electron chi connectivity index (χ0n) is 8.39. The molecule has 0 aliphatic carbocycles. The van der Waals surface area contributed by atoms with Gasteiger partial charge in [-0.25, -0.2) is 4.98 Å². The van der Waals surface area contributed by atoms with E-state index >= 15 is 0 Å². The summed E-state index contributed by atoms with van der Waals surface area (Å²) in [5, 5.41) is 15.0. The molecule has 2 heterocycles. The van der Waals surface area contributed by atoms with Gasteiger partial charge in [0.15, 0.2) is 0 Å². The lowest BCUT2D eigenvalue weighted by molar-refractivity contribution is 0.178. The highest BCUT2D eigenvalue weighted by Crippen LogP contribution is 2.26. The molecular formula is C10H11ClN2OS2. The maximum atomic E-state index is 9.83. The molecule has 0 radical (unpaired) electrons. The minimum absolute atomic E-state index is 0.504. The van der Waals surface area contributed by atoms with E-state index in [1.807, 2.05) is 11.4 Å². The van der Waals surface area contributed by atoms with E-state index in [2.05, 4.69) is 10.3 Å². The van der Waals surface area contributed by atoms with Crippen LogP contribution in [0.1, 0.15) is 16.7 Å². The molecule has 0 aliphatic heterocycles. The molecule has 3 nitrogen and oxygen atoms in total. The molecule has 0 bridgehead atoms. The van der Waals surface area contributed by atoms with Crippen LogP contribution in [-0.2, 0) is 6.54 Å². The van der Waals surface area contributed by atoms with Gasteiger partial charge in [0, 0.05) is 23.3 Å². The second-order valence-electron chi connectivity index (χ2n) is 3.27. The maximum Gasteiger partial charge on any atom is 0.101 e. The van der Waals surface area contributed by atoms with Crippen molar-refractivity contribution in [3.05, 3.63) is 37.9 Å². The van der Waals surface area contributed by atoms with Crippen LogP contribution >= 0.6 is 34.3 Å². The SMILES string of the molecule is OC(CNCc1cscn1)c1ccc(Cl)s1. The first-order chi connectivity index (χ1) is 7.75. The van der Waals surface area contributed by atoms with Gasteiger partial charge >= 0.3 is 0 Å². The second-order valence-corrected chi connectivity index (χ2v) is 5.73. The van der Waals surface area contributed by atoms with Gasteiger partial charge in [0.2, 0.25) is 0 Å². The van der Waals surface area contributed by atoms with E-state index in [4.69, 9.17) is 11.6 Å². The summed E-state index contributed by atoms with van der Waals surface area (Å²) in [7, 11) is 0. The first-order valence-electron chi connectivity index (χ1n) is 4.77. The maximum absolute atomic E-state index is 9.83. The minimum Gasteiger partial charge on any atom is -0.386 e. The van der Waals surface area contributed by atoms with Gasteiger partial charge in [-0.1, -0.05) is 11.6 Å². The first kappa shape index (κ1) is 12.0. The van der Waals surface area contributed by atoms with Crippen LogP contribution in [0.3, 0.4) is 0 Å². The summed E-state index contributed by atoms with van der Waals surface area (Å²) in [4.78, 5) is 5.03. The molecule has 2 aromatic heterocycles. The summed E-state index contributed by atoms with van der Waals surface area (Å²) >= 11 is 8.77. The minimum atomic E-state index is -0.504. The normalized spacial score (nSPS) is 12.9. The van der Waals surface area contributed by atoms with Crippen LogP contribution in [0.15, 0.2) is 23.0 Å². The molecule has 1 atom stereocenters. The monoisotopic (exact) mass is 274 g/mol. The van der Waals surface area contributed by atoms with Crippen molar-refractivity contribution in [2.24, 2.45) is 0 Å². The fourth-order valence-electron chi connectivity index (χ4n) is 1.27. The summed E-state index contributed by atoms with van der Waals surface area (Å²) in [6.45, 7) is 1.19. The van der Waals surface area contributed by atoms with Crippen LogP contribution < -0.4 is 5.32 Å². The number of rotatable bonds is 5. The molecule has 86 valence electrons. The summed E-state index contributed by atoms with van der Waals surface area (Å²) in [5.74, 6) is 0. The van der Waals surface area contributed by atoms with E-state index in [-0.39, 0.29) is 0 Å². The van der Waals surface area contributed by atoms with Crippen molar-refractivity contribution in [1.29, 1.82) is 0 Å². The van der Waals surface area contributed by atoms with Crippen molar-refractivity contribution < 1.29 is 5.11 Å². The Morgan fingerprint density at radius 2 is 2.38 bits per heavy atom. The van der Waals surface area contributed by atoms with Crippen molar-refractivity contribution in [3.8, 4) is 0 Å². The third-order valence-corrected chi connectivity index (χ3v) is 4.02. The molecule has 2 N–H and O–H groups in total. The third-order valence-electron chi connectivity index (χ3n) is 2.05. The molecule has 1 unspecified atom stereocenters. The van der Waals surface area contributed by atoms with Crippen molar-refractivity contribution in [3.63, 3.8) is 0 Å². The first-order valence-corrected chi connectivity index (χ1v) is 6.90. The molecule has 2 aromatic rings. The molecule has 0 fully saturated rings. The van der Waals surface area contributed by atoms with Crippen LogP contribution in [0.2, 0.25) is 4.34 Å². The van der Waals surface area contributed by atoms with Crippen molar-refractivity contribution >= 4 is 34.3 Å². The number of nitrogens with one attached hydrogen (secondary N) is 1. The molecule has 0 aromatic carbocycles. The number of aromatic nitrogens is 1. The number of thiazole rings is 1. The van der Waals surface area contributed by atoms with Crippen LogP contribution in [0.5, 0.6) is 0 Å². The average Bonchev–Trinajstić information content (AvgIpc) is 2.89. The van der Waals surface area contributed by atoms with Crippen LogP contribution in [0, 0.1) is 0 Å². The fraction of sp³-hybridized carbons (Fsp3) is 0.300. The predicted octanol–water partition coefficient (Wildman–Crippen LogP) is 2.68. The molecule has 0 amide bonds. The molecule has 16 heavy (non-hydrogen) atoms. The van der Waals surface area contributed by atoms with Crippen LogP contribution in [0.25, 0.3) is 0 Å². The van der Waals surface area contributed by atoms with Gasteiger partial charge in [-0.2, -0.15) is 0 Å². The predicted molar refractivity (Wildman–Crippen MR) is 68.1 cm³/mol. The van der Waals surface area contributed by atoms with Crippen LogP contribution in [0.4, 0.5) is 0 Å². The Hall–Kier alpha value is -0.460. The smallest absolute Gasteiger partial charge is 0.101 e. The quantitative estimate of drug-likeness (QED) is 0.881. The van der Waals surface area contributed by atoms with E-state index in [1.54, 1.807) is 22.9 Å². The summed E-state index contributed by atoms with van der Waals surface area (Å²) in [6.07, 6.45) is -0.504. The average molecular weight is 275 g/mol. The summed E-state index contributed by atoms with van der Waals surface area (Å²) in [5.41, 5.74) is 2.80. The number of aliphatic hydroxyl groups excluding tert-OH is 1. The topological polar surface area (TPSA) is 45.1 Å². The molecular weight excluding hydrogens is 264 g/mol.